The quantitative estimate of drug-likeness (QED) is 0.905. The van der Waals surface area contributed by atoms with E-state index in [1.54, 1.807) is 0 Å². The molecule has 2 rings (SSSR count). The SMILES string of the molecule is CCn1nc(C)c(Cl)c1CC(NC)c1ccc(C)cc1C. The maximum Gasteiger partial charge on any atom is 0.0847 e. The van der Waals surface area contributed by atoms with E-state index < -0.39 is 0 Å². The first-order chi connectivity index (χ1) is 9.97. The molecule has 0 spiro atoms. The first-order valence-electron chi connectivity index (χ1n) is 7.44. The lowest BCUT2D eigenvalue weighted by atomic mass is 9.96. The average Bonchev–Trinajstić information content (AvgIpc) is 2.72. The summed E-state index contributed by atoms with van der Waals surface area (Å²) in [7, 11) is 2.00. The van der Waals surface area contributed by atoms with Crippen LogP contribution in [0.4, 0.5) is 0 Å². The molecule has 1 heterocycles. The van der Waals surface area contributed by atoms with Crippen molar-refractivity contribution in [2.24, 2.45) is 0 Å². The van der Waals surface area contributed by atoms with Gasteiger partial charge in [-0.05, 0) is 45.9 Å². The van der Waals surface area contributed by atoms with Crippen LogP contribution in [0.1, 0.15) is 41.0 Å². The summed E-state index contributed by atoms with van der Waals surface area (Å²) in [6.45, 7) is 9.18. The molecule has 21 heavy (non-hydrogen) atoms. The minimum absolute atomic E-state index is 0.240. The number of hydrogen-bond acceptors (Lipinski definition) is 2. The molecule has 0 fully saturated rings. The smallest absolute Gasteiger partial charge is 0.0847 e. The summed E-state index contributed by atoms with van der Waals surface area (Å²) < 4.78 is 2.01. The van der Waals surface area contributed by atoms with Crippen molar-refractivity contribution in [1.29, 1.82) is 0 Å². The molecule has 2 aromatic rings. The van der Waals surface area contributed by atoms with Crippen molar-refractivity contribution in [2.45, 2.75) is 46.7 Å². The van der Waals surface area contributed by atoms with Crippen molar-refractivity contribution in [3.63, 3.8) is 0 Å². The Bertz CT molecular complexity index is 631. The fourth-order valence-corrected chi connectivity index (χ4v) is 3.05. The number of nitrogens with one attached hydrogen (secondary N) is 1. The highest BCUT2D eigenvalue weighted by atomic mass is 35.5. The van der Waals surface area contributed by atoms with Gasteiger partial charge in [0, 0.05) is 19.0 Å². The highest BCUT2D eigenvalue weighted by Crippen LogP contribution is 2.27. The number of benzene rings is 1. The number of aromatic nitrogens is 2. The van der Waals surface area contributed by atoms with Gasteiger partial charge in [0.05, 0.1) is 16.4 Å². The van der Waals surface area contributed by atoms with Crippen molar-refractivity contribution in [1.82, 2.24) is 15.1 Å². The second kappa shape index (κ2) is 6.63. The van der Waals surface area contributed by atoms with Crippen LogP contribution in [-0.4, -0.2) is 16.8 Å². The lowest BCUT2D eigenvalue weighted by molar-refractivity contribution is 0.539. The number of likely N-dealkylation sites (N-methyl/N-ethyl adjacent to an activating group) is 1. The Labute approximate surface area is 132 Å². The van der Waals surface area contributed by atoms with Gasteiger partial charge in [-0.1, -0.05) is 35.4 Å². The summed E-state index contributed by atoms with van der Waals surface area (Å²) in [5, 5.41) is 8.71. The van der Waals surface area contributed by atoms with Crippen LogP contribution in [0, 0.1) is 20.8 Å². The molecule has 0 radical (unpaired) electrons. The average molecular weight is 306 g/mol. The molecule has 1 N–H and O–H groups in total. The lowest BCUT2D eigenvalue weighted by Gasteiger charge is -2.20. The molecule has 4 heteroatoms. The van der Waals surface area contributed by atoms with E-state index in [4.69, 9.17) is 11.6 Å². The highest BCUT2D eigenvalue weighted by Gasteiger charge is 2.19. The first-order valence-corrected chi connectivity index (χ1v) is 7.81. The molecule has 0 bridgehead atoms. The molecule has 0 aliphatic rings. The van der Waals surface area contributed by atoms with Crippen LogP contribution in [0.3, 0.4) is 0 Å². The van der Waals surface area contributed by atoms with Crippen LogP contribution in [0.15, 0.2) is 18.2 Å². The van der Waals surface area contributed by atoms with Crippen molar-refractivity contribution >= 4 is 11.6 Å². The van der Waals surface area contributed by atoms with Crippen molar-refractivity contribution < 1.29 is 0 Å². The third kappa shape index (κ3) is 3.30. The van der Waals surface area contributed by atoms with Gasteiger partial charge >= 0.3 is 0 Å². The van der Waals surface area contributed by atoms with Crippen molar-refractivity contribution in [3.8, 4) is 0 Å². The van der Waals surface area contributed by atoms with E-state index in [9.17, 15) is 0 Å². The van der Waals surface area contributed by atoms with Crippen LogP contribution in [-0.2, 0) is 13.0 Å². The van der Waals surface area contributed by atoms with Gasteiger partial charge in [0.25, 0.3) is 0 Å². The fourth-order valence-electron chi connectivity index (χ4n) is 2.84. The topological polar surface area (TPSA) is 29.9 Å². The van der Waals surface area contributed by atoms with Gasteiger partial charge in [-0.25, -0.2) is 0 Å². The Morgan fingerprint density at radius 2 is 2.00 bits per heavy atom. The molecule has 114 valence electrons. The number of rotatable bonds is 5. The number of aryl methyl sites for hydroxylation is 4. The van der Waals surface area contributed by atoms with Crippen LogP contribution < -0.4 is 5.32 Å². The molecule has 0 aliphatic heterocycles. The fraction of sp³-hybridized carbons (Fsp3) is 0.471. The van der Waals surface area contributed by atoms with Crippen LogP contribution in [0.5, 0.6) is 0 Å². The minimum Gasteiger partial charge on any atom is -0.313 e. The van der Waals surface area contributed by atoms with Gasteiger partial charge in [0.2, 0.25) is 0 Å². The molecule has 3 nitrogen and oxygen atoms in total. The van der Waals surface area contributed by atoms with Gasteiger partial charge in [0.15, 0.2) is 0 Å². The third-order valence-electron chi connectivity index (χ3n) is 4.00. The Kier molecular flexibility index (Phi) is 5.07. The second-order valence-electron chi connectivity index (χ2n) is 5.57. The second-order valence-corrected chi connectivity index (χ2v) is 5.95. The van der Waals surface area contributed by atoms with E-state index in [0.29, 0.717) is 0 Å². The zero-order chi connectivity index (χ0) is 15.6. The van der Waals surface area contributed by atoms with E-state index >= 15 is 0 Å². The zero-order valence-corrected chi connectivity index (χ0v) is 14.3. The van der Waals surface area contributed by atoms with Crippen molar-refractivity contribution in [2.75, 3.05) is 7.05 Å². The van der Waals surface area contributed by atoms with E-state index in [2.05, 4.69) is 49.4 Å². The molecule has 0 aliphatic carbocycles. The largest absolute Gasteiger partial charge is 0.313 e. The van der Waals surface area contributed by atoms with Crippen LogP contribution in [0.25, 0.3) is 0 Å². The molecular formula is C17H24ClN3. The molecule has 0 saturated heterocycles. The van der Waals surface area contributed by atoms with Gasteiger partial charge < -0.3 is 5.32 Å². The molecule has 0 saturated carbocycles. The van der Waals surface area contributed by atoms with Crippen LogP contribution in [0.2, 0.25) is 5.02 Å². The third-order valence-corrected chi connectivity index (χ3v) is 4.49. The van der Waals surface area contributed by atoms with Crippen LogP contribution >= 0.6 is 11.6 Å². The molecular weight excluding hydrogens is 282 g/mol. The minimum atomic E-state index is 0.240. The van der Waals surface area contributed by atoms with E-state index in [1.165, 1.54) is 16.7 Å². The lowest BCUT2D eigenvalue weighted by Crippen LogP contribution is -2.21. The van der Waals surface area contributed by atoms with E-state index in [1.807, 2.05) is 18.7 Å². The maximum atomic E-state index is 6.44. The van der Waals surface area contributed by atoms with Gasteiger partial charge in [-0.15, -0.1) is 0 Å². The predicted molar refractivity (Wildman–Crippen MR) is 89.1 cm³/mol. The Morgan fingerprint density at radius 3 is 2.57 bits per heavy atom. The monoisotopic (exact) mass is 305 g/mol. The normalized spacial score (nSPS) is 12.7. The summed E-state index contributed by atoms with van der Waals surface area (Å²) >= 11 is 6.44. The maximum absolute atomic E-state index is 6.44. The standard InChI is InChI=1S/C17H24ClN3/c1-6-21-16(17(18)13(4)20-21)10-15(19-5)14-8-7-11(2)9-12(14)3/h7-9,15,19H,6,10H2,1-5H3. The summed E-state index contributed by atoms with van der Waals surface area (Å²) in [6, 6.07) is 6.84. The van der Waals surface area contributed by atoms with Gasteiger partial charge in [-0.3, -0.25) is 4.68 Å². The summed E-state index contributed by atoms with van der Waals surface area (Å²) in [4.78, 5) is 0. The number of nitrogens with zero attached hydrogens (tertiary/aromatic N) is 2. The molecule has 1 aromatic heterocycles. The predicted octanol–water partition coefficient (Wildman–Crippen LogP) is 3.98. The van der Waals surface area contributed by atoms with E-state index in [0.717, 1.165) is 29.4 Å². The summed E-state index contributed by atoms with van der Waals surface area (Å²) in [5.74, 6) is 0. The molecule has 0 amide bonds. The molecule has 1 unspecified atom stereocenters. The van der Waals surface area contributed by atoms with Crippen molar-refractivity contribution in [3.05, 3.63) is 51.3 Å². The molecule has 1 aromatic carbocycles. The van der Waals surface area contributed by atoms with E-state index in [-0.39, 0.29) is 6.04 Å². The first kappa shape index (κ1) is 16.1. The van der Waals surface area contributed by atoms with Gasteiger partial charge in [-0.2, -0.15) is 5.10 Å². The molecule has 1 atom stereocenters. The number of hydrogen-bond donors (Lipinski definition) is 1. The van der Waals surface area contributed by atoms with Gasteiger partial charge in [0.1, 0.15) is 0 Å². The Hall–Kier alpha value is -1.32. The number of halogens is 1. The Balaban J connectivity index is 2.35. The highest BCUT2D eigenvalue weighted by molar-refractivity contribution is 6.31. The summed E-state index contributed by atoms with van der Waals surface area (Å²) in [6.07, 6.45) is 0.841. The Morgan fingerprint density at radius 1 is 1.29 bits per heavy atom. The summed E-state index contributed by atoms with van der Waals surface area (Å²) in [5.41, 5.74) is 5.93. The zero-order valence-electron chi connectivity index (χ0n) is 13.5.